The fourth-order valence-corrected chi connectivity index (χ4v) is 5.66. The van der Waals surface area contributed by atoms with E-state index < -0.39 is 11.6 Å². The Balaban J connectivity index is 1.33. The van der Waals surface area contributed by atoms with Gasteiger partial charge in [0.25, 0.3) is 5.91 Å². The van der Waals surface area contributed by atoms with E-state index in [-0.39, 0.29) is 18.0 Å². The zero-order valence-electron chi connectivity index (χ0n) is 20.5. The van der Waals surface area contributed by atoms with Crippen molar-refractivity contribution >= 4 is 22.8 Å². The van der Waals surface area contributed by atoms with Gasteiger partial charge in [0.2, 0.25) is 0 Å². The molecule has 188 valence electrons. The summed E-state index contributed by atoms with van der Waals surface area (Å²) < 4.78 is 30.1. The summed E-state index contributed by atoms with van der Waals surface area (Å²) >= 11 is 0. The Kier molecular flexibility index (Phi) is 6.85. The molecule has 0 unspecified atom stereocenters. The number of aromatic nitrogens is 2. The molecule has 3 aromatic rings. The minimum absolute atomic E-state index is 0.113. The molecule has 36 heavy (non-hydrogen) atoms. The van der Waals surface area contributed by atoms with Crippen LogP contribution in [0.5, 0.6) is 0 Å². The molecule has 1 saturated heterocycles. The first-order valence-electron chi connectivity index (χ1n) is 12.6. The zero-order valence-corrected chi connectivity index (χ0v) is 20.5. The molecule has 6 nitrogen and oxygen atoms in total. The highest BCUT2D eigenvalue weighted by Gasteiger charge is 2.30. The summed E-state index contributed by atoms with van der Waals surface area (Å²) in [7, 11) is 0. The molecule has 2 aliphatic rings. The Hall–Kier alpha value is -3.55. The van der Waals surface area contributed by atoms with Gasteiger partial charge in [-0.15, -0.1) is 0 Å². The maximum Gasteiger partial charge on any atom is 0.255 e. The van der Waals surface area contributed by atoms with E-state index >= 15 is 0 Å². The van der Waals surface area contributed by atoms with E-state index in [2.05, 4.69) is 26.9 Å². The van der Waals surface area contributed by atoms with Gasteiger partial charge in [-0.3, -0.25) is 9.79 Å². The highest BCUT2D eigenvalue weighted by molar-refractivity contribution is 6.01. The summed E-state index contributed by atoms with van der Waals surface area (Å²) in [5.41, 5.74) is 3.53. The number of pyridine rings is 1. The van der Waals surface area contributed by atoms with Crippen LogP contribution in [-0.2, 0) is 0 Å². The number of nitrogens with one attached hydrogen (secondary N) is 1. The minimum Gasteiger partial charge on any atom is -0.364 e. The normalized spacial score (nSPS) is 22.7. The third kappa shape index (κ3) is 4.76. The van der Waals surface area contributed by atoms with Crippen molar-refractivity contribution in [1.29, 1.82) is 0 Å². The highest BCUT2D eigenvalue weighted by atomic mass is 19.1. The molecule has 2 aromatic heterocycles. The van der Waals surface area contributed by atoms with Crippen LogP contribution in [0, 0.1) is 17.6 Å². The predicted molar refractivity (Wildman–Crippen MR) is 137 cm³/mol. The molecule has 1 atom stereocenters. The number of halogens is 2. The van der Waals surface area contributed by atoms with Crippen molar-refractivity contribution in [3.05, 3.63) is 78.3 Å². The van der Waals surface area contributed by atoms with E-state index in [4.69, 9.17) is 0 Å². The molecule has 1 saturated carbocycles. The minimum atomic E-state index is -0.444. The second-order valence-electron chi connectivity index (χ2n) is 9.77. The van der Waals surface area contributed by atoms with E-state index in [0.717, 1.165) is 62.5 Å². The van der Waals surface area contributed by atoms with Crippen LogP contribution >= 0.6 is 0 Å². The van der Waals surface area contributed by atoms with Gasteiger partial charge in [-0.2, -0.15) is 5.10 Å². The number of anilines is 1. The summed E-state index contributed by atoms with van der Waals surface area (Å²) in [5, 5.41) is 7.55. The van der Waals surface area contributed by atoms with Gasteiger partial charge < -0.3 is 10.2 Å². The van der Waals surface area contributed by atoms with Crippen LogP contribution in [0.15, 0.2) is 60.5 Å². The van der Waals surface area contributed by atoms with Gasteiger partial charge in [0.15, 0.2) is 0 Å². The number of nitrogens with zero attached hydrogens (tertiary/aromatic N) is 4. The van der Waals surface area contributed by atoms with Crippen molar-refractivity contribution in [3.8, 4) is 0 Å². The Morgan fingerprint density at radius 2 is 1.97 bits per heavy atom. The standard InChI is InChI=1S/C28H31F2N5O/c1-3-31-18(2)19-6-9-21(10-7-19)33-28(36)24-17-32-35-14-12-22(16-27(24)35)34-13-4-5-26(34)23-15-20(29)8-11-25(23)30/h3,8,11-12,14-17,19,21,26H,1,4-7,9-10,13H2,2H3,(H,33,36)/t19?,21?,26-/m1/s1. The Morgan fingerprint density at radius 3 is 2.75 bits per heavy atom. The Labute approximate surface area is 209 Å². The fraction of sp³-hybridized carbons (Fsp3) is 0.393. The van der Waals surface area contributed by atoms with E-state index in [9.17, 15) is 13.6 Å². The number of hydrogen-bond donors (Lipinski definition) is 1. The van der Waals surface area contributed by atoms with Crippen molar-refractivity contribution in [2.45, 2.75) is 57.5 Å². The lowest BCUT2D eigenvalue weighted by atomic mass is 9.83. The molecule has 0 radical (unpaired) electrons. The molecule has 1 aromatic carbocycles. The maximum atomic E-state index is 14.5. The molecule has 1 aliphatic carbocycles. The van der Waals surface area contributed by atoms with Crippen molar-refractivity contribution in [2.75, 3.05) is 11.4 Å². The van der Waals surface area contributed by atoms with Crippen LogP contribution in [0.3, 0.4) is 0 Å². The number of rotatable bonds is 6. The monoisotopic (exact) mass is 491 g/mol. The maximum absolute atomic E-state index is 14.5. The number of carbonyl (C=O) groups is 1. The number of aliphatic imine (C=N–C) groups is 1. The summed E-state index contributed by atoms with van der Waals surface area (Å²) in [6.45, 7) is 6.44. The number of amides is 1. The lowest BCUT2D eigenvalue weighted by molar-refractivity contribution is 0.0927. The van der Waals surface area contributed by atoms with Gasteiger partial charge in [0.05, 0.1) is 23.3 Å². The van der Waals surface area contributed by atoms with Gasteiger partial charge >= 0.3 is 0 Å². The molecule has 5 rings (SSSR count). The SMILES string of the molecule is C=CN=C(C)C1CCC(NC(=O)c2cnn3ccc(N4CCC[C@@H]4c4cc(F)ccc4F)cc23)CC1. The summed E-state index contributed by atoms with van der Waals surface area (Å²) in [5.74, 6) is -0.552. The predicted octanol–water partition coefficient (Wildman–Crippen LogP) is 5.85. The van der Waals surface area contributed by atoms with Gasteiger partial charge in [0.1, 0.15) is 11.6 Å². The molecular weight excluding hydrogens is 460 g/mol. The topological polar surface area (TPSA) is 62.0 Å². The van der Waals surface area contributed by atoms with Crippen LogP contribution in [0.2, 0.25) is 0 Å². The average Bonchev–Trinajstić information content (AvgIpc) is 3.53. The summed E-state index contributed by atoms with van der Waals surface area (Å²) in [6.07, 6.45) is 10.4. The first-order valence-corrected chi connectivity index (χ1v) is 12.6. The lowest BCUT2D eigenvalue weighted by Crippen LogP contribution is -2.38. The number of fused-ring (bicyclic) bond motifs is 1. The molecule has 3 heterocycles. The molecular formula is C28H31F2N5O. The second kappa shape index (κ2) is 10.2. The van der Waals surface area contributed by atoms with Crippen molar-refractivity contribution in [1.82, 2.24) is 14.9 Å². The molecule has 1 aliphatic heterocycles. The van der Waals surface area contributed by atoms with Crippen molar-refractivity contribution < 1.29 is 13.6 Å². The van der Waals surface area contributed by atoms with Crippen LogP contribution in [0.25, 0.3) is 5.52 Å². The Bertz CT molecular complexity index is 1310. The van der Waals surface area contributed by atoms with Crippen molar-refractivity contribution in [2.24, 2.45) is 10.9 Å². The van der Waals surface area contributed by atoms with Gasteiger partial charge in [-0.05, 0) is 81.7 Å². The largest absolute Gasteiger partial charge is 0.364 e. The molecule has 1 N–H and O–H groups in total. The first kappa shape index (κ1) is 24.2. The van der Waals surface area contributed by atoms with Gasteiger partial charge in [-0.1, -0.05) is 6.58 Å². The second-order valence-corrected chi connectivity index (χ2v) is 9.77. The number of carbonyl (C=O) groups excluding carboxylic acids is 1. The summed E-state index contributed by atoms with van der Waals surface area (Å²) in [6, 6.07) is 7.30. The average molecular weight is 492 g/mol. The quantitative estimate of drug-likeness (QED) is 0.440. The van der Waals surface area contributed by atoms with Gasteiger partial charge in [-0.25, -0.2) is 13.3 Å². The van der Waals surface area contributed by atoms with Crippen molar-refractivity contribution in [3.63, 3.8) is 0 Å². The van der Waals surface area contributed by atoms with E-state index in [1.807, 2.05) is 25.3 Å². The number of hydrogen-bond acceptors (Lipinski definition) is 4. The fourth-order valence-electron chi connectivity index (χ4n) is 5.66. The third-order valence-electron chi connectivity index (χ3n) is 7.60. The molecule has 8 heteroatoms. The Morgan fingerprint density at radius 1 is 1.17 bits per heavy atom. The smallest absolute Gasteiger partial charge is 0.255 e. The third-order valence-corrected chi connectivity index (χ3v) is 7.60. The van der Waals surface area contributed by atoms with E-state index in [1.165, 1.54) is 12.1 Å². The van der Waals surface area contributed by atoms with E-state index in [1.54, 1.807) is 16.9 Å². The van der Waals surface area contributed by atoms with Gasteiger partial charge in [0, 0.05) is 41.9 Å². The lowest BCUT2D eigenvalue weighted by Gasteiger charge is -2.29. The van der Waals surface area contributed by atoms with Crippen LogP contribution < -0.4 is 10.2 Å². The zero-order chi connectivity index (χ0) is 25.2. The van der Waals surface area contributed by atoms with E-state index in [0.29, 0.717) is 22.6 Å². The van der Waals surface area contributed by atoms with Crippen LogP contribution in [-0.4, -0.2) is 33.8 Å². The highest BCUT2D eigenvalue weighted by Crippen LogP contribution is 2.38. The first-order chi connectivity index (χ1) is 17.4. The molecule has 2 fully saturated rings. The number of benzene rings is 1. The molecule has 0 spiro atoms. The van der Waals surface area contributed by atoms with Crippen LogP contribution in [0.4, 0.5) is 14.5 Å². The van der Waals surface area contributed by atoms with Crippen LogP contribution in [0.1, 0.15) is 67.4 Å². The molecule has 1 amide bonds. The summed E-state index contributed by atoms with van der Waals surface area (Å²) in [4.78, 5) is 19.6. The molecule has 0 bridgehead atoms.